The zero-order valence-electron chi connectivity index (χ0n) is 13.9. The van der Waals surface area contributed by atoms with Crippen LogP contribution in [0.5, 0.6) is 0 Å². The van der Waals surface area contributed by atoms with Crippen LogP contribution >= 0.6 is 0 Å². The van der Waals surface area contributed by atoms with Gasteiger partial charge in [0.15, 0.2) is 0 Å². The molecule has 2 rings (SSSR count). The van der Waals surface area contributed by atoms with Crippen molar-refractivity contribution >= 4 is 24.3 Å². The third-order valence-electron chi connectivity index (χ3n) is 2.92. The molecule has 1 heteroatoms. The number of fused-ring (bicyclic) bond motifs is 1. The first-order valence-corrected chi connectivity index (χ1v) is 7.60. The summed E-state index contributed by atoms with van der Waals surface area (Å²) in [7, 11) is 2.09. The monoisotopic (exact) mass is 271 g/mol. The van der Waals surface area contributed by atoms with Crippen molar-refractivity contribution in [2.24, 2.45) is 7.05 Å². The lowest BCUT2D eigenvalue weighted by Crippen LogP contribution is -1.93. The molecule has 0 bridgehead atoms. The average Bonchev–Trinajstić information content (AvgIpc) is 2.68. The zero-order chi connectivity index (χ0) is 15.5. The Labute approximate surface area is 125 Å². The third kappa shape index (κ3) is 3.86. The van der Waals surface area contributed by atoms with E-state index in [1.165, 1.54) is 22.5 Å². The predicted molar refractivity (Wildman–Crippen MR) is 95.6 cm³/mol. The van der Waals surface area contributed by atoms with Gasteiger partial charge < -0.3 is 4.57 Å². The fraction of sp³-hybridized carbons (Fsp3) is 0.368. The highest BCUT2D eigenvalue weighted by Crippen LogP contribution is 2.28. The highest BCUT2D eigenvalue weighted by Gasteiger charge is 2.14. The predicted octanol–water partition coefficient (Wildman–Crippen LogP) is 6.18. The smallest absolute Gasteiger partial charge is 0.0485 e. The molecular formula is C19H29N. The Hall–Kier alpha value is -1.76. The van der Waals surface area contributed by atoms with Crippen molar-refractivity contribution in [3.63, 3.8) is 0 Å². The van der Waals surface area contributed by atoms with Gasteiger partial charge in [0.1, 0.15) is 0 Å². The maximum absolute atomic E-state index is 3.90. The fourth-order valence-electron chi connectivity index (χ4n) is 2.18. The van der Waals surface area contributed by atoms with Gasteiger partial charge in [0, 0.05) is 29.6 Å². The molecule has 1 aromatic rings. The summed E-state index contributed by atoms with van der Waals surface area (Å²) in [5.41, 5.74) is 5.00. The van der Waals surface area contributed by atoms with Crippen LogP contribution in [-0.2, 0) is 7.05 Å². The number of rotatable bonds is 2. The first-order valence-electron chi connectivity index (χ1n) is 7.60. The van der Waals surface area contributed by atoms with Gasteiger partial charge in [-0.25, -0.2) is 0 Å². The highest BCUT2D eigenvalue weighted by molar-refractivity contribution is 5.80. The Bertz CT molecular complexity index is 496. The van der Waals surface area contributed by atoms with E-state index < -0.39 is 0 Å². The van der Waals surface area contributed by atoms with Crippen LogP contribution in [0.3, 0.4) is 0 Å². The van der Waals surface area contributed by atoms with E-state index in [0.29, 0.717) is 0 Å². The van der Waals surface area contributed by atoms with Crippen LogP contribution in [0.1, 0.15) is 63.6 Å². The quantitative estimate of drug-likeness (QED) is 0.605. The van der Waals surface area contributed by atoms with Gasteiger partial charge in [0.05, 0.1) is 0 Å². The van der Waals surface area contributed by atoms with E-state index >= 15 is 0 Å². The molecule has 0 unspecified atom stereocenters. The van der Waals surface area contributed by atoms with Crippen LogP contribution in [0, 0.1) is 0 Å². The van der Waals surface area contributed by atoms with E-state index in [1.807, 2.05) is 40.7 Å². The first-order chi connectivity index (χ1) is 9.79. The number of nitrogens with zero attached hydrogens (tertiary/aromatic N) is 1. The first kappa shape index (κ1) is 18.2. The van der Waals surface area contributed by atoms with Gasteiger partial charge in [-0.1, -0.05) is 64.7 Å². The number of hydrogen-bond acceptors (Lipinski definition) is 0. The summed E-state index contributed by atoms with van der Waals surface area (Å²) in [6.07, 6.45) is 15.9. The molecular weight excluding hydrogens is 242 g/mol. The molecule has 20 heavy (non-hydrogen) atoms. The second kappa shape index (κ2) is 10.1. The Morgan fingerprint density at radius 2 is 1.70 bits per heavy atom. The Morgan fingerprint density at radius 1 is 1.10 bits per heavy atom. The lowest BCUT2D eigenvalue weighted by atomic mass is 10.1. The van der Waals surface area contributed by atoms with Gasteiger partial charge in [0.2, 0.25) is 0 Å². The van der Waals surface area contributed by atoms with Gasteiger partial charge in [-0.05, 0) is 25.5 Å². The van der Waals surface area contributed by atoms with Crippen LogP contribution in [-0.4, -0.2) is 4.57 Å². The van der Waals surface area contributed by atoms with Crippen LogP contribution in [0.25, 0.3) is 24.3 Å². The van der Waals surface area contributed by atoms with Gasteiger partial charge in [-0.15, -0.1) is 0 Å². The summed E-state index contributed by atoms with van der Waals surface area (Å²) in [5, 5.41) is 0. The van der Waals surface area contributed by atoms with Crippen molar-refractivity contribution < 1.29 is 0 Å². The van der Waals surface area contributed by atoms with Crippen LogP contribution in [0.2, 0.25) is 0 Å². The fourth-order valence-corrected chi connectivity index (χ4v) is 2.18. The molecule has 1 aliphatic carbocycles. The molecule has 0 spiro atoms. The Morgan fingerprint density at radius 3 is 2.25 bits per heavy atom. The molecule has 0 saturated carbocycles. The molecule has 1 heterocycles. The van der Waals surface area contributed by atoms with Crippen molar-refractivity contribution in [3.05, 3.63) is 47.3 Å². The van der Waals surface area contributed by atoms with Crippen molar-refractivity contribution in [2.45, 2.75) is 41.0 Å². The van der Waals surface area contributed by atoms with E-state index in [-0.39, 0.29) is 0 Å². The van der Waals surface area contributed by atoms with E-state index in [4.69, 9.17) is 0 Å². The lowest BCUT2D eigenvalue weighted by Gasteiger charge is -2.00. The largest absolute Gasteiger partial charge is 0.344 e. The average molecular weight is 271 g/mol. The highest BCUT2D eigenvalue weighted by atomic mass is 15.0. The van der Waals surface area contributed by atoms with E-state index in [0.717, 1.165) is 6.42 Å². The normalized spacial score (nSPS) is 11.9. The molecule has 0 N–H and O–H groups in total. The molecule has 0 aromatic carbocycles. The third-order valence-corrected chi connectivity index (χ3v) is 2.92. The number of hydrogen-bond donors (Lipinski definition) is 0. The van der Waals surface area contributed by atoms with E-state index in [1.54, 1.807) is 0 Å². The van der Waals surface area contributed by atoms with Gasteiger partial charge >= 0.3 is 0 Å². The molecule has 1 aliphatic rings. The minimum absolute atomic E-state index is 1.01. The van der Waals surface area contributed by atoms with Crippen LogP contribution in [0.15, 0.2) is 24.8 Å². The Balaban J connectivity index is 0.000000829. The molecule has 0 amide bonds. The Kier molecular flexibility index (Phi) is 9.19. The molecule has 0 saturated heterocycles. The number of aromatic nitrogens is 1. The minimum Gasteiger partial charge on any atom is -0.344 e. The van der Waals surface area contributed by atoms with Crippen molar-refractivity contribution in [1.29, 1.82) is 0 Å². The molecule has 1 nitrogen and oxygen atoms in total. The van der Waals surface area contributed by atoms with Crippen molar-refractivity contribution in [2.75, 3.05) is 0 Å². The molecule has 110 valence electrons. The molecule has 0 atom stereocenters. The minimum atomic E-state index is 1.01. The van der Waals surface area contributed by atoms with Crippen LogP contribution < -0.4 is 0 Å². The summed E-state index contributed by atoms with van der Waals surface area (Å²) in [6.45, 7) is 13.9. The van der Waals surface area contributed by atoms with Gasteiger partial charge in [-0.3, -0.25) is 0 Å². The van der Waals surface area contributed by atoms with E-state index in [2.05, 4.69) is 54.6 Å². The summed E-state index contributed by atoms with van der Waals surface area (Å²) >= 11 is 0. The van der Waals surface area contributed by atoms with Crippen molar-refractivity contribution in [3.8, 4) is 0 Å². The second-order valence-electron chi connectivity index (χ2n) is 3.90. The SMILES string of the molecule is C=Cc1c(/C=C\C)c2c(n1C)C=CCC=C2.CC.CC. The van der Waals surface area contributed by atoms with Gasteiger partial charge in [-0.2, -0.15) is 0 Å². The topological polar surface area (TPSA) is 4.93 Å². The summed E-state index contributed by atoms with van der Waals surface area (Å²) in [4.78, 5) is 0. The lowest BCUT2D eigenvalue weighted by molar-refractivity contribution is 0.901. The summed E-state index contributed by atoms with van der Waals surface area (Å²) in [6, 6.07) is 0. The maximum atomic E-state index is 3.90. The zero-order valence-corrected chi connectivity index (χ0v) is 13.9. The van der Waals surface area contributed by atoms with E-state index in [9.17, 15) is 0 Å². The maximum Gasteiger partial charge on any atom is 0.0485 e. The molecule has 0 radical (unpaired) electrons. The van der Waals surface area contributed by atoms with Crippen LogP contribution in [0.4, 0.5) is 0 Å². The number of allylic oxidation sites excluding steroid dienone is 3. The molecule has 0 aliphatic heterocycles. The summed E-state index contributed by atoms with van der Waals surface area (Å²) in [5.74, 6) is 0. The standard InChI is InChI=1S/C15H17N.2C2H6/c1-4-9-12-13-10-7-6-8-11-15(13)16(3)14(12)5-2;2*1-2/h4-5,7-11H,2,6H2,1,3H3;2*1-2H3/b9-4-;;. The molecule has 1 aromatic heterocycles. The second-order valence-corrected chi connectivity index (χ2v) is 3.90. The van der Waals surface area contributed by atoms with Gasteiger partial charge in [0.25, 0.3) is 0 Å². The molecule has 0 fully saturated rings. The van der Waals surface area contributed by atoms with Crippen molar-refractivity contribution in [1.82, 2.24) is 4.57 Å². The summed E-state index contributed by atoms with van der Waals surface area (Å²) < 4.78 is 2.20.